The molecule has 1 N–H and O–H groups in total. The Hall–Kier alpha value is -2.91. The molecular weight excluding hydrogens is 362 g/mol. The fourth-order valence-corrected chi connectivity index (χ4v) is 4.10. The number of aryl methyl sites for hydroxylation is 1. The first kappa shape index (κ1) is 18.5. The van der Waals surface area contributed by atoms with E-state index in [1.54, 1.807) is 17.4 Å². The van der Waals surface area contributed by atoms with Crippen LogP contribution in [0.5, 0.6) is 5.75 Å². The maximum atomic E-state index is 10.0. The average molecular weight is 386 g/mol. The van der Waals surface area contributed by atoms with Crippen molar-refractivity contribution in [2.75, 3.05) is 0 Å². The monoisotopic (exact) mass is 385 g/mol. The summed E-state index contributed by atoms with van der Waals surface area (Å²) in [6.45, 7) is 2.23. The topological polar surface area (TPSA) is 33.1 Å². The summed E-state index contributed by atoms with van der Waals surface area (Å²) in [5.74, 6) is 0.261. The maximum absolute atomic E-state index is 10.0. The van der Waals surface area contributed by atoms with Gasteiger partial charge in [-0.15, -0.1) is 11.3 Å². The number of unbranched alkanes of at least 4 members (excludes halogenated alkanes) is 1. The van der Waals surface area contributed by atoms with Crippen LogP contribution in [0, 0.1) is 0 Å². The number of aromatic nitrogens is 1. The Balaban J connectivity index is 1.53. The minimum Gasteiger partial charge on any atom is -0.507 e. The molecule has 0 aliphatic rings. The summed E-state index contributed by atoms with van der Waals surface area (Å²) < 4.78 is 0. The number of phenolic OH excluding ortho intramolecular Hbond substituents is 1. The predicted molar refractivity (Wildman–Crippen MR) is 119 cm³/mol. The summed E-state index contributed by atoms with van der Waals surface area (Å²) in [5.41, 5.74) is 6.52. The van der Waals surface area contributed by atoms with E-state index >= 15 is 0 Å². The average Bonchev–Trinajstić information content (AvgIpc) is 3.23. The molecule has 0 saturated heterocycles. The molecule has 3 aromatic carbocycles. The van der Waals surface area contributed by atoms with Gasteiger partial charge in [-0.05, 0) is 41.7 Å². The first-order valence-electron chi connectivity index (χ1n) is 9.68. The molecule has 140 valence electrons. The Morgan fingerprint density at radius 3 is 2.14 bits per heavy atom. The van der Waals surface area contributed by atoms with Crippen LogP contribution in [-0.2, 0) is 6.42 Å². The fraction of sp³-hybridized carbons (Fsp3) is 0.160. The second-order valence-electron chi connectivity index (χ2n) is 6.93. The molecule has 0 amide bonds. The van der Waals surface area contributed by atoms with Crippen LogP contribution in [0.1, 0.15) is 25.3 Å². The smallest absolute Gasteiger partial charge is 0.125 e. The van der Waals surface area contributed by atoms with Gasteiger partial charge in [-0.3, -0.25) is 0 Å². The second kappa shape index (κ2) is 8.41. The van der Waals surface area contributed by atoms with E-state index in [1.165, 1.54) is 29.5 Å². The van der Waals surface area contributed by atoms with Crippen LogP contribution in [0.15, 0.2) is 78.2 Å². The number of aromatic hydroxyl groups is 1. The normalized spacial score (nSPS) is 10.9. The Kier molecular flexibility index (Phi) is 5.54. The van der Waals surface area contributed by atoms with Crippen molar-refractivity contribution in [2.45, 2.75) is 26.2 Å². The van der Waals surface area contributed by atoms with Gasteiger partial charge in [0.2, 0.25) is 0 Å². The van der Waals surface area contributed by atoms with Crippen LogP contribution in [0.3, 0.4) is 0 Å². The van der Waals surface area contributed by atoms with Crippen molar-refractivity contribution in [1.82, 2.24) is 4.98 Å². The summed E-state index contributed by atoms with van der Waals surface area (Å²) in [7, 11) is 0. The molecule has 4 aromatic rings. The van der Waals surface area contributed by atoms with E-state index in [1.807, 2.05) is 23.6 Å². The quantitative estimate of drug-likeness (QED) is 0.381. The van der Waals surface area contributed by atoms with Gasteiger partial charge in [0.1, 0.15) is 10.8 Å². The Morgan fingerprint density at radius 1 is 0.821 bits per heavy atom. The second-order valence-corrected chi connectivity index (χ2v) is 7.79. The molecule has 0 atom stereocenters. The molecule has 0 saturated carbocycles. The molecule has 0 aliphatic carbocycles. The highest BCUT2D eigenvalue weighted by Crippen LogP contribution is 2.33. The van der Waals surface area contributed by atoms with Gasteiger partial charge in [0.15, 0.2) is 0 Å². The Morgan fingerprint density at radius 2 is 1.46 bits per heavy atom. The largest absolute Gasteiger partial charge is 0.507 e. The Bertz CT molecular complexity index is 1050. The molecule has 28 heavy (non-hydrogen) atoms. The summed E-state index contributed by atoms with van der Waals surface area (Å²) in [4.78, 5) is 4.71. The number of benzene rings is 3. The van der Waals surface area contributed by atoms with Gasteiger partial charge in [-0.25, -0.2) is 4.98 Å². The lowest BCUT2D eigenvalue weighted by Crippen LogP contribution is -1.85. The molecule has 0 aliphatic heterocycles. The summed E-state index contributed by atoms with van der Waals surface area (Å²) in [6.07, 6.45) is 3.62. The zero-order chi connectivity index (χ0) is 19.3. The van der Waals surface area contributed by atoms with E-state index in [4.69, 9.17) is 4.98 Å². The molecule has 0 fully saturated rings. The summed E-state index contributed by atoms with van der Waals surface area (Å²) in [6, 6.07) is 24.7. The van der Waals surface area contributed by atoms with Gasteiger partial charge in [-0.1, -0.05) is 74.0 Å². The van der Waals surface area contributed by atoms with Crippen LogP contribution < -0.4 is 0 Å². The minimum atomic E-state index is 0.261. The van der Waals surface area contributed by atoms with Crippen molar-refractivity contribution in [3.63, 3.8) is 0 Å². The van der Waals surface area contributed by atoms with Gasteiger partial charge in [-0.2, -0.15) is 0 Å². The number of thiazole rings is 1. The molecule has 0 radical (unpaired) electrons. The predicted octanol–water partition coefficient (Wildman–Crippen LogP) is 7.19. The van der Waals surface area contributed by atoms with Crippen LogP contribution in [0.25, 0.3) is 33.0 Å². The number of rotatable bonds is 6. The van der Waals surface area contributed by atoms with Gasteiger partial charge >= 0.3 is 0 Å². The van der Waals surface area contributed by atoms with Crippen LogP contribution in [-0.4, -0.2) is 10.1 Å². The number of phenols is 1. The third-order valence-corrected chi connectivity index (χ3v) is 5.81. The first-order chi connectivity index (χ1) is 13.7. The van der Waals surface area contributed by atoms with Crippen molar-refractivity contribution in [2.24, 2.45) is 0 Å². The van der Waals surface area contributed by atoms with Gasteiger partial charge in [0.05, 0.1) is 5.69 Å². The molecule has 2 nitrogen and oxygen atoms in total. The number of hydrogen-bond donors (Lipinski definition) is 1. The highest BCUT2D eigenvalue weighted by Gasteiger charge is 2.10. The van der Waals surface area contributed by atoms with Crippen LogP contribution in [0.4, 0.5) is 0 Å². The van der Waals surface area contributed by atoms with Crippen molar-refractivity contribution in [3.05, 3.63) is 83.7 Å². The van der Waals surface area contributed by atoms with Crippen LogP contribution in [0.2, 0.25) is 0 Å². The standard InChI is InChI=1S/C25H23NOS/c1-2-3-6-18-9-11-19(12-10-18)20-13-15-21(16-14-20)25-26-23(17-28-25)22-7-4-5-8-24(22)27/h4-5,7-17,27H,2-3,6H2,1H3. The highest BCUT2D eigenvalue weighted by atomic mass is 32.1. The summed E-state index contributed by atoms with van der Waals surface area (Å²) >= 11 is 1.60. The van der Waals surface area contributed by atoms with E-state index in [2.05, 4.69) is 55.5 Å². The number of hydrogen-bond acceptors (Lipinski definition) is 3. The van der Waals surface area contributed by atoms with Crippen molar-refractivity contribution < 1.29 is 5.11 Å². The molecule has 3 heteroatoms. The molecular formula is C25H23NOS. The van der Waals surface area contributed by atoms with Gasteiger partial charge in [0, 0.05) is 16.5 Å². The van der Waals surface area contributed by atoms with Gasteiger partial charge in [0.25, 0.3) is 0 Å². The van der Waals surface area contributed by atoms with E-state index in [-0.39, 0.29) is 5.75 Å². The number of nitrogens with zero attached hydrogens (tertiary/aromatic N) is 1. The van der Waals surface area contributed by atoms with E-state index in [0.29, 0.717) is 0 Å². The lowest BCUT2D eigenvalue weighted by molar-refractivity contribution is 0.477. The van der Waals surface area contributed by atoms with Crippen molar-refractivity contribution in [1.29, 1.82) is 0 Å². The van der Waals surface area contributed by atoms with Crippen LogP contribution >= 0.6 is 11.3 Å². The highest BCUT2D eigenvalue weighted by molar-refractivity contribution is 7.13. The third kappa shape index (κ3) is 4.00. The van der Waals surface area contributed by atoms with E-state index < -0.39 is 0 Å². The lowest BCUT2D eigenvalue weighted by Gasteiger charge is -2.05. The molecule has 4 rings (SSSR count). The zero-order valence-electron chi connectivity index (χ0n) is 15.9. The minimum absolute atomic E-state index is 0.261. The van der Waals surface area contributed by atoms with Crippen molar-refractivity contribution in [3.8, 4) is 38.7 Å². The SMILES string of the molecule is CCCCc1ccc(-c2ccc(-c3nc(-c4ccccc4O)cs3)cc2)cc1. The molecule has 1 heterocycles. The maximum Gasteiger partial charge on any atom is 0.125 e. The lowest BCUT2D eigenvalue weighted by atomic mass is 10.0. The zero-order valence-corrected chi connectivity index (χ0v) is 16.7. The molecule has 1 aromatic heterocycles. The van der Waals surface area contributed by atoms with E-state index in [0.717, 1.165) is 28.2 Å². The third-order valence-electron chi connectivity index (χ3n) is 4.92. The molecule has 0 bridgehead atoms. The first-order valence-corrected chi connectivity index (χ1v) is 10.6. The van der Waals surface area contributed by atoms with Crippen molar-refractivity contribution >= 4 is 11.3 Å². The molecule has 0 spiro atoms. The van der Waals surface area contributed by atoms with E-state index in [9.17, 15) is 5.11 Å². The Labute approximate surface area is 170 Å². The molecule has 0 unspecified atom stereocenters. The fourth-order valence-electron chi connectivity index (χ4n) is 3.27. The number of para-hydroxylation sites is 1. The van der Waals surface area contributed by atoms with Gasteiger partial charge < -0.3 is 5.11 Å². The summed E-state index contributed by atoms with van der Waals surface area (Å²) in [5, 5.41) is 13.0.